The van der Waals surface area contributed by atoms with E-state index in [1.54, 1.807) is 0 Å². The minimum absolute atomic E-state index is 0.0362. The van der Waals surface area contributed by atoms with Crippen LogP contribution in [0.25, 0.3) is 0 Å². The van der Waals surface area contributed by atoms with Gasteiger partial charge in [0, 0.05) is 12.5 Å². The van der Waals surface area contributed by atoms with Crippen LogP contribution < -0.4 is 20.5 Å². The molecule has 0 saturated heterocycles. The van der Waals surface area contributed by atoms with E-state index in [9.17, 15) is 4.79 Å². The molecule has 3 N–H and O–H groups in total. The van der Waals surface area contributed by atoms with E-state index < -0.39 is 0 Å². The van der Waals surface area contributed by atoms with Gasteiger partial charge in [-0.1, -0.05) is 26.3 Å². The normalized spacial score (nSPS) is 24.0. The zero-order valence-electron chi connectivity index (χ0n) is 14.6. The van der Waals surface area contributed by atoms with Gasteiger partial charge >= 0.3 is 0 Å². The minimum atomic E-state index is -0.0362. The molecule has 132 valence electrons. The number of benzene rings is 1. The number of nitrogens with two attached hydrogens (primary N) is 1. The van der Waals surface area contributed by atoms with Crippen molar-refractivity contribution in [2.24, 2.45) is 17.6 Å². The quantitative estimate of drug-likeness (QED) is 0.869. The van der Waals surface area contributed by atoms with Crippen LogP contribution in [0.1, 0.15) is 51.1 Å². The van der Waals surface area contributed by atoms with Crippen molar-refractivity contribution in [2.45, 2.75) is 51.6 Å². The van der Waals surface area contributed by atoms with Gasteiger partial charge in [0.2, 0.25) is 5.91 Å². The summed E-state index contributed by atoms with van der Waals surface area (Å²) in [4.78, 5) is 12.5. The second kappa shape index (κ2) is 7.43. The number of fused-ring (bicyclic) bond motifs is 1. The van der Waals surface area contributed by atoms with E-state index in [1.807, 2.05) is 18.2 Å². The molecule has 1 aliphatic carbocycles. The van der Waals surface area contributed by atoms with E-state index >= 15 is 0 Å². The van der Waals surface area contributed by atoms with Crippen molar-refractivity contribution in [2.75, 3.05) is 13.2 Å². The molecule has 0 bridgehead atoms. The Balaban J connectivity index is 1.69. The highest BCUT2D eigenvalue weighted by molar-refractivity contribution is 5.77. The van der Waals surface area contributed by atoms with Gasteiger partial charge in [0.25, 0.3) is 0 Å². The summed E-state index contributed by atoms with van der Waals surface area (Å²) in [5.41, 5.74) is 7.15. The van der Waals surface area contributed by atoms with Gasteiger partial charge < -0.3 is 20.5 Å². The number of carbonyl (C=O) groups is 1. The molecule has 1 fully saturated rings. The Morgan fingerprint density at radius 3 is 2.67 bits per heavy atom. The maximum atomic E-state index is 12.5. The molecule has 1 heterocycles. The molecular weight excluding hydrogens is 304 g/mol. The Bertz CT molecular complexity index is 588. The van der Waals surface area contributed by atoms with E-state index in [-0.39, 0.29) is 23.9 Å². The zero-order chi connectivity index (χ0) is 17.1. The van der Waals surface area contributed by atoms with Crippen LogP contribution >= 0.6 is 0 Å². The molecule has 0 spiro atoms. The number of ether oxygens (including phenoxy) is 2. The fraction of sp³-hybridized carbons (Fsp3) is 0.632. The molecule has 1 aromatic rings. The molecule has 2 aliphatic rings. The third kappa shape index (κ3) is 3.83. The smallest absolute Gasteiger partial charge is 0.220 e. The standard InChI is InChI=1S/C19H28N2O3/c1-12(2)19(21-18(22)11-13-4-3-5-15(13)20)14-6-7-16-17(10-14)24-9-8-23-16/h6-7,10,12-13,15,19H,3-5,8-9,11,20H2,1-2H3,(H,21,22)/t13-,15+,19?/m0/s1. The highest BCUT2D eigenvalue weighted by atomic mass is 16.6. The van der Waals surface area contributed by atoms with Crippen LogP contribution in [0, 0.1) is 11.8 Å². The van der Waals surface area contributed by atoms with Crippen LogP contribution in [0.4, 0.5) is 0 Å². The lowest BCUT2D eigenvalue weighted by molar-refractivity contribution is -0.123. The summed E-state index contributed by atoms with van der Waals surface area (Å²) in [5.74, 6) is 2.23. The second-order valence-electron chi connectivity index (χ2n) is 7.25. The topological polar surface area (TPSA) is 73.6 Å². The molecule has 3 atom stereocenters. The summed E-state index contributed by atoms with van der Waals surface area (Å²) < 4.78 is 11.2. The van der Waals surface area contributed by atoms with Crippen molar-refractivity contribution >= 4 is 5.91 Å². The predicted molar refractivity (Wildman–Crippen MR) is 93.1 cm³/mol. The predicted octanol–water partition coefficient (Wildman–Crippen LogP) is 2.79. The Hall–Kier alpha value is -1.75. The van der Waals surface area contributed by atoms with Gasteiger partial charge in [-0.3, -0.25) is 4.79 Å². The number of amides is 1. The molecule has 1 amide bonds. The van der Waals surface area contributed by atoms with Crippen LogP contribution in [0.5, 0.6) is 11.5 Å². The van der Waals surface area contributed by atoms with Crippen LogP contribution in [0.15, 0.2) is 18.2 Å². The van der Waals surface area contributed by atoms with E-state index in [0.29, 0.717) is 25.6 Å². The Labute approximate surface area is 143 Å². The highest BCUT2D eigenvalue weighted by Crippen LogP contribution is 2.34. The fourth-order valence-electron chi connectivity index (χ4n) is 3.68. The summed E-state index contributed by atoms with van der Waals surface area (Å²) in [5, 5.41) is 3.20. The number of rotatable bonds is 5. The molecule has 1 unspecified atom stereocenters. The molecule has 24 heavy (non-hydrogen) atoms. The number of hydrogen-bond donors (Lipinski definition) is 2. The van der Waals surface area contributed by atoms with E-state index in [2.05, 4.69) is 19.2 Å². The summed E-state index contributed by atoms with van der Waals surface area (Å²) in [6.07, 6.45) is 3.75. The molecule has 1 aliphatic heterocycles. The first kappa shape index (κ1) is 17.1. The van der Waals surface area contributed by atoms with Crippen molar-refractivity contribution in [3.63, 3.8) is 0 Å². The van der Waals surface area contributed by atoms with Gasteiger partial charge in [-0.25, -0.2) is 0 Å². The maximum absolute atomic E-state index is 12.5. The first-order valence-electron chi connectivity index (χ1n) is 8.99. The average Bonchev–Trinajstić information content (AvgIpc) is 2.97. The molecule has 5 heteroatoms. The van der Waals surface area contributed by atoms with Gasteiger partial charge in [0.05, 0.1) is 6.04 Å². The molecule has 1 saturated carbocycles. The van der Waals surface area contributed by atoms with Crippen LogP contribution in [-0.2, 0) is 4.79 Å². The summed E-state index contributed by atoms with van der Waals surface area (Å²) in [6, 6.07) is 6.06. The maximum Gasteiger partial charge on any atom is 0.220 e. The van der Waals surface area contributed by atoms with Crippen molar-refractivity contribution < 1.29 is 14.3 Å². The van der Waals surface area contributed by atoms with Gasteiger partial charge in [-0.2, -0.15) is 0 Å². The fourth-order valence-corrected chi connectivity index (χ4v) is 3.68. The Morgan fingerprint density at radius 1 is 1.25 bits per heavy atom. The third-order valence-corrected chi connectivity index (χ3v) is 5.07. The van der Waals surface area contributed by atoms with Crippen LogP contribution in [-0.4, -0.2) is 25.2 Å². The molecule has 0 aromatic heterocycles. The monoisotopic (exact) mass is 332 g/mol. The van der Waals surface area contributed by atoms with Gasteiger partial charge in [-0.05, 0) is 42.4 Å². The summed E-state index contributed by atoms with van der Waals surface area (Å²) in [7, 11) is 0. The van der Waals surface area contributed by atoms with Gasteiger partial charge in [0.15, 0.2) is 11.5 Å². The zero-order valence-corrected chi connectivity index (χ0v) is 14.6. The van der Waals surface area contributed by atoms with Crippen LogP contribution in [0.2, 0.25) is 0 Å². The van der Waals surface area contributed by atoms with Crippen molar-refractivity contribution in [3.05, 3.63) is 23.8 Å². The van der Waals surface area contributed by atoms with Crippen molar-refractivity contribution in [3.8, 4) is 11.5 Å². The van der Waals surface area contributed by atoms with Crippen molar-refractivity contribution in [1.82, 2.24) is 5.32 Å². The Kier molecular flexibility index (Phi) is 5.29. The largest absolute Gasteiger partial charge is 0.486 e. The van der Waals surface area contributed by atoms with Crippen LogP contribution in [0.3, 0.4) is 0 Å². The van der Waals surface area contributed by atoms with Crippen molar-refractivity contribution in [1.29, 1.82) is 0 Å². The Morgan fingerprint density at radius 2 is 2.00 bits per heavy atom. The molecule has 1 aromatic carbocycles. The second-order valence-corrected chi connectivity index (χ2v) is 7.25. The van der Waals surface area contributed by atoms with E-state index in [0.717, 1.165) is 36.3 Å². The molecule has 3 rings (SSSR count). The van der Waals surface area contributed by atoms with Gasteiger partial charge in [-0.15, -0.1) is 0 Å². The first-order valence-corrected chi connectivity index (χ1v) is 8.99. The van der Waals surface area contributed by atoms with Gasteiger partial charge in [0.1, 0.15) is 13.2 Å². The van der Waals surface area contributed by atoms with E-state index in [1.165, 1.54) is 0 Å². The molecular formula is C19H28N2O3. The summed E-state index contributed by atoms with van der Waals surface area (Å²) in [6.45, 7) is 5.37. The minimum Gasteiger partial charge on any atom is -0.486 e. The first-order chi connectivity index (χ1) is 11.5. The molecule has 0 radical (unpaired) electrons. The number of carbonyl (C=O) groups excluding carboxylic acids is 1. The summed E-state index contributed by atoms with van der Waals surface area (Å²) >= 11 is 0. The third-order valence-electron chi connectivity index (χ3n) is 5.07. The average molecular weight is 332 g/mol. The molecule has 5 nitrogen and oxygen atoms in total. The number of hydrogen-bond acceptors (Lipinski definition) is 4. The highest BCUT2D eigenvalue weighted by Gasteiger charge is 2.28. The van der Waals surface area contributed by atoms with E-state index in [4.69, 9.17) is 15.2 Å². The lowest BCUT2D eigenvalue weighted by Crippen LogP contribution is -2.35. The lowest BCUT2D eigenvalue weighted by Gasteiger charge is -2.26. The number of nitrogens with one attached hydrogen (secondary N) is 1. The lowest BCUT2D eigenvalue weighted by atomic mass is 9.94. The SMILES string of the molecule is CC(C)C(NC(=O)C[C@@H]1CCC[C@H]1N)c1ccc2c(c1)OCCO2.